The second kappa shape index (κ2) is 7.04. The quantitative estimate of drug-likeness (QED) is 0.808. The highest BCUT2D eigenvalue weighted by Gasteiger charge is 2.02. The van der Waals surface area contributed by atoms with Gasteiger partial charge in [0.05, 0.1) is 4.90 Å². The van der Waals surface area contributed by atoms with Crippen LogP contribution >= 0.6 is 0 Å². The van der Waals surface area contributed by atoms with Crippen LogP contribution in [0.4, 0.5) is 0 Å². The molecule has 0 spiro atoms. The van der Waals surface area contributed by atoms with Crippen molar-refractivity contribution in [2.45, 2.75) is 18.7 Å². The maximum Gasteiger partial charge on any atom is 0.190 e. The van der Waals surface area contributed by atoms with Crippen LogP contribution in [0.25, 0.3) is 0 Å². The number of rotatable bonds is 3. The first-order valence-electron chi connectivity index (χ1n) is 6.32. The summed E-state index contributed by atoms with van der Waals surface area (Å²) in [7, 11) is 0. The topological polar surface area (TPSA) is 26.3 Å². The van der Waals surface area contributed by atoms with E-state index in [9.17, 15) is 4.21 Å². The van der Waals surface area contributed by atoms with E-state index in [-0.39, 0.29) is 6.61 Å². The van der Waals surface area contributed by atoms with Crippen LogP contribution < -0.4 is 0 Å². The van der Waals surface area contributed by atoms with Crippen molar-refractivity contribution in [2.24, 2.45) is 0 Å². The molecule has 0 aliphatic carbocycles. The Bertz CT molecular complexity index is 663. The molecule has 102 valence electrons. The molecule has 2 aromatic rings. The molecule has 2 aromatic carbocycles. The molecule has 0 aromatic heterocycles. The largest absolute Gasteiger partial charge is 0.274 e. The third-order valence-electron chi connectivity index (χ3n) is 2.70. The lowest BCUT2D eigenvalue weighted by Gasteiger charge is -2.00. The van der Waals surface area contributed by atoms with Crippen molar-refractivity contribution < 1.29 is 8.39 Å². The Morgan fingerprint density at radius 1 is 1.05 bits per heavy atom. The van der Waals surface area contributed by atoms with Crippen molar-refractivity contribution in [2.75, 3.05) is 6.61 Å². The Morgan fingerprint density at radius 3 is 2.50 bits per heavy atom. The predicted octanol–water partition coefficient (Wildman–Crippen LogP) is 3.39. The predicted molar refractivity (Wildman–Crippen MR) is 81.6 cm³/mol. The molecule has 0 saturated heterocycles. The van der Waals surface area contributed by atoms with Crippen LogP contribution in [0, 0.1) is 25.7 Å². The lowest BCUT2D eigenvalue weighted by molar-refractivity contribution is 0.402. The maximum absolute atomic E-state index is 11.8. The highest BCUT2D eigenvalue weighted by atomic mass is 32.2. The van der Waals surface area contributed by atoms with Crippen LogP contribution in [0.1, 0.15) is 16.7 Å². The molecule has 0 radical (unpaired) electrons. The Labute approximate surface area is 122 Å². The van der Waals surface area contributed by atoms with Gasteiger partial charge in [0, 0.05) is 5.56 Å². The minimum atomic E-state index is -1.46. The highest BCUT2D eigenvalue weighted by molar-refractivity contribution is 7.80. The molecule has 0 unspecified atom stereocenters. The molecule has 0 fully saturated rings. The van der Waals surface area contributed by atoms with E-state index in [0.29, 0.717) is 4.90 Å². The van der Waals surface area contributed by atoms with Crippen molar-refractivity contribution in [1.29, 1.82) is 0 Å². The van der Waals surface area contributed by atoms with Crippen LogP contribution in [0.15, 0.2) is 53.4 Å². The van der Waals surface area contributed by atoms with Gasteiger partial charge in [-0.15, -0.1) is 0 Å². The highest BCUT2D eigenvalue weighted by Crippen LogP contribution is 2.09. The third kappa shape index (κ3) is 4.34. The first-order valence-corrected chi connectivity index (χ1v) is 7.40. The Morgan fingerprint density at radius 2 is 1.80 bits per heavy atom. The molecule has 20 heavy (non-hydrogen) atoms. The van der Waals surface area contributed by atoms with Gasteiger partial charge in [-0.3, -0.25) is 4.18 Å². The van der Waals surface area contributed by atoms with Gasteiger partial charge in [-0.05, 0) is 43.7 Å². The van der Waals surface area contributed by atoms with Gasteiger partial charge in [-0.2, -0.15) is 0 Å². The molecule has 3 heteroatoms. The second-order valence-corrected chi connectivity index (χ2v) is 5.66. The summed E-state index contributed by atoms with van der Waals surface area (Å²) >= 11 is -1.46. The zero-order valence-corrected chi connectivity index (χ0v) is 12.4. The van der Waals surface area contributed by atoms with Crippen LogP contribution in [-0.4, -0.2) is 10.8 Å². The average Bonchev–Trinajstić information content (AvgIpc) is 2.44. The van der Waals surface area contributed by atoms with Crippen LogP contribution in [-0.2, 0) is 15.3 Å². The monoisotopic (exact) mass is 284 g/mol. The average molecular weight is 284 g/mol. The fourth-order valence-corrected chi connectivity index (χ4v) is 2.32. The van der Waals surface area contributed by atoms with Gasteiger partial charge >= 0.3 is 0 Å². The summed E-state index contributed by atoms with van der Waals surface area (Å²) in [5.74, 6) is 5.87. The first-order chi connectivity index (χ1) is 9.65. The van der Waals surface area contributed by atoms with E-state index < -0.39 is 11.1 Å². The van der Waals surface area contributed by atoms with Crippen molar-refractivity contribution in [3.8, 4) is 11.8 Å². The van der Waals surface area contributed by atoms with Gasteiger partial charge in [-0.1, -0.05) is 41.7 Å². The Kier molecular flexibility index (Phi) is 5.11. The first kappa shape index (κ1) is 14.5. The molecule has 2 nitrogen and oxygen atoms in total. The van der Waals surface area contributed by atoms with E-state index in [1.807, 2.05) is 50.2 Å². The lowest BCUT2D eigenvalue weighted by atomic mass is 10.1. The second-order valence-electron chi connectivity index (χ2n) is 4.48. The molecule has 0 aliphatic heterocycles. The summed E-state index contributed by atoms with van der Waals surface area (Å²) in [6, 6.07) is 15.4. The van der Waals surface area contributed by atoms with Crippen LogP contribution in [0.2, 0.25) is 0 Å². The van der Waals surface area contributed by atoms with Gasteiger partial charge in [0.15, 0.2) is 11.1 Å². The maximum atomic E-state index is 11.8. The lowest BCUT2D eigenvalue weighted by Crippen LogP contribution is -1.98. The molecule has 1 atom stereocenters. The Hall–Kier alpha value is -1.89. The molecule has 0 N–H and O–H groups in total. The minimum absolute atomic E-state index is 0.147. The standard InChI is InChI=1S/C17H16O2S/c1-14-8-10-17(11-9-14)20(18)19-12-4-7-16-6-3-5-15(2)13-16/h3,5-6,8-11,13H,12H2,1-2H3/t20-/m0/s1. The van der Waals surface area contributed by atoms with Gasteiger partial charge in [0.1, 0.15) is 6.61 Å². The van der Waals surface area contributed by atoms with Crippen molar-refractivity contribution >= 4 is 11.1 Å². The van der Waals surface area contributed by atoms with E-state index in [4.69, 9.17) is 4.18 Å². The molecular weight excluding hydrogens is 268 g/mol. The molecule has 0 amide bonds. The smallest absolute Gasteiger partial charge is 0.190 e. The van der Waals surface area contributed by atoms with E-state index in [1.54, 1.807) is 12.1 Å². The van der Waals surface area contributed by atoms with E-state index in [2.05, 4.69) is 11.8 Å². The summed E-state index contributed by atoms with van der Waals surface area (Å²) in [5, 5.41) is 0. The van der Waals surface area contributed by atoms with Crippen molar-refractivity contribution in [3.05, 3.63) is 65.2 Å². The van der Waals surface area contributed by atoms with E-state index in [1.165, 1.54) is 5.56 Å². The molecule has 0 aliphatic rings. The van der Waals surface area contributed by atoms with Crippen molar-refractivity contribution in [3.63, 3.8) is 0 Å². The Balaban J connectivity index is 1.90. The zero-order chi connectivity index (χ0) is 14.4. The van der Waals surface area contributed by atoms with E-state index >= 15 is 0 Å². The SMILES string of the molecule is Cc1ccc([S@@](=O)OCC#Cc2cccc(C)c2)cc1. The molecule has 0 bridgehead atoms. The molecular formula is C17H16O2S. The molecule has 2 rings (SSSR count). The number of hydrogen-bond acceptors (Lipinski definition) is 2. The van der Waals surface area contributed by atoms with Gasteiger partial charge < -0.3 is 0 Å². The number of aryl methyl sites for hydroxylation is 2. The van der Waals surface area contributed by atoms with Crippen LogP contribution in [0.3, 0.4) is 0 Å². The van der Waals surface area contributed by atoms with Crippen LogP contribution in [0.5, 0.6) is 0 Å². The molecule has 0 saturated carbocycles. The minimum Gasteiger partial charge on any atom is -0.274 e. The van der Waals surface area contributed by atoms with Gasteiger partial charge in [-0.25, -0.2) is 4.21 Å². The molecule has 0 heterocycles. The normalized spacial score (nSPS) is 11.5. The fraction of sp³-hybridized carbons (Fsp3) is 0.176. The number of hydrogen-bond donors (Lipinski definition) is 0. The summed E-state index contributed by atoms with van der Waals surface area (Å²) in [5.41, 5.74) is 3.24. The third-order valence-corrected chi connectivity index (χ3v) is 3.69. The summed E-state index contributed by atoms with van der Waals surface area (Å²) in [4.78, 5) is 0.660. The fourth-order valence-electron chi connectivity index (χ4n) is 1.66. The summed E-state index contributed by atoms with van der Waals surface area (Å²) < 4.78 is 17.1. The van der Waals surface area contributed by atoms with Crippen molar-refractivity contribution in [1.82, 2.24) is 0 Å². The summed E-state index contributed by atoms with van der Waals surface area (Å²) in [6.07, 6.45) is 0. The van der Waals surface area contributed by atoms with E-state index in [0.717, 1.165) is 11.1 Å². The van der Waals surface area contributed by atoms with Gasteiger partial charge in [0.2, 0.25) is 0 Å². The number of benzene rings is 2. The summed E-state index contributed by atoms with van der Waals surface area (Å²) in [6.45, 7) is 4.16. The van der Waals surface area contributed by atoms with Gasteiger partial charge in [0.25, 0.3) is 0 Å². The zero-order valence-electron chi connectivity index (χ0n) is 11.6.